The van der Waals surface area contributed by atoms with Gasteiger partial charge >= 0.3 is 5.97 Å². The lowest BCUT2D eigenvalue weighted by Crippen LogP contribution is -2.24. The highest BCUT2D eigenvalue weighted by atomic mass is 16.5. The Morgan fingerprint density at radius 2 is 1.66 bits per heavy atom. The van der Waals surface area contributed by atoms with Crippen LogP contribution in [0.2, 0.25) is 0 Å². The van der Waals surface area contributed by atoms with Gasteiger partial charge in [-0.2, -0.15) is 0 Å². The second-order valence-corrected chi connectivity index (χ2v) is 8.63. The average molecular weight is 397 g/mol. The fourth-order valence-corrected chi connectivity index (χ4v) is 4.20. The molecule has 4 heteroatoms. The first-order valence-corrected chi connectivity index (χ1v) is 10.6. The molecular formula is C25H32O4. The molecule has 0 aliphatic heterocycles. The molecule has 29 heavy (non-hydrogen) atoms. The average Bonchev–Trinajstić information content (AvgIpc) is 2.69. The lowest BCUT2D eigenvalue weighted by atomic mass is 9.82. The SMILES string of the molecule is CC(C)c1cc(C(C)CC(=O)OC2CCC(c3ccc(O)cc3)CC2)ccc1O. The molecule has 1 saturated carbocycles. The van der Waals surface area contributed by atoms with Crippen molar-refractivity contribution in [1.82, 2.24) is 0 Å². The number of benzene rings is 2. The van der Waals surface area contributed by atoms with E-state index < -0.39 is 0 Å². The lowest BCUT2D eigenvalue weighted by molar-refractivity contribution is -0.151. The normalized spacial score (nSPS) is 20.4. The first-order chi connectivity index (χ1) is 13.8. The van der Waals surface area contributed by atoms with E-state index >= 15 is 0 Å². The predicted molar refractivity (Wildman–Crippen MR) is 114 cm³/mol. The maximum Gasteiger partial charge on any atom is 0.306 e. The van der Waals surface area contributed by atoms with Gasteiger partial charge in [-0.15, -0.1) is 0 Å². The Hall–Kier alpha value is -2.49. The van der Waals surface area contributed by atoms with Gasteiger partial charge in [-0.1, -0.05) is 45.0 Å². The van der Waals surface area contributed by atoms with Crippen molar-refractivity contribution in [2.75, 3.05) is 0 Å². The van der Waals surface area contributed by atoms with Crippen LogP contribution in [0.25, 0.3) is 0 Å². The van der Waals surface area contributed by atoms with E-state index in [1.807, 2.05) is 45.0 Å². The van der Waals surface area contributed by atoms with Crippen LogP contribution >= 0.6 is 0 Å². The number of esters is 1. The van der Waals surface area contributed by atoms with E-state index in [2.05, 4.69) is 0 Å². The van der Waals surface area contributed by atoms with Crippen LogP contribution in [0.15, 0.2) is 42.5 Å². The van der Waals surface area contributed by atoms with E-state index in [1.165, 1.54) is 5.56 Å². The molecule has 1 fully saturated rings. The minimum Gasteiger partial charge on any atom is -0.508 e. The minimum atomic E-state index is -0.148. The summed E-state index contributed by atoms with van der Waals surface area (Å²) in [5.74, 6) is 1.20. The summed E-state index contributed by atoms with van der Waals surface area (Å²) < 4.78 is 5.76. The van der Waals surface area contributed by atoms with Crippen molar-refractivity contribution < 1.29 is 19.7 Å². The second-order valence-electron chi connectivity index (χ2n) is 8.63. The zero-order valence-corrected chi connectivity index (χ0v) is 17.6. The molecule has 4 nitrogen and oxygen atoms in total. The second kappa shape index (κ2) is 9.34. The number of phenolic OH excluding ortho intramolecular Hbond substituents is 2. The topological polar surface area (TPSA) is 66.8 Å². The summed E-state index contributed by atoms with van der Waals surface area (Å²) in [5.41, 5.74) is 3.21. The first-order valence-electron chi connectivity index (χ1n) is 10.6. The molecule has 1 aliphatic carbocycles. The van der Waals surface area contributed by atoms with Crippen molar-refractivity contribution in [1.29, 1.82) is 0 Å². The third-order valence-electron chi connectivity index (χ3n) is 6.05. The van der Waals surface area contributed by atoms with Crippen LogP contribution in [-0.2, 0) is 9.53 Å². The molecule has 1 unspecified atom stereocenters. The zero-order valence-electron chi connectivity index (χ0n) is 17.6. The number of hydrogen-bond acceptors (Lipinski definition) is 4. The molecule has 0 bridgehead atoms. The van der Waals surface area contributed by atoms with Gasteiger partial charge in [0.2, 0.25) is 0 Å². The Morgan fingerprint density at radius 1 is 1.00 bits per heavy atom. The molecule has 2 aromatic rings. The van der Waals surface area contributed by atoms with Gasteiger partial charge in [-0.3, -0.25) is 4.79 Å². The summed E-state index contributed by atoms with van der Waals surface area (Å²) in [7, 11) is 0. The fourth-order valence-electron chi connectivity index (χ4n) is 4.20. The third-order valence-corrected chi connectivity index (χ3v) is 6.05. The van der Waals surface area contributed by atoms with Crippen LogP contribution in [0.5, 0.6) is 11.5 Å². The standard InChI is InChI=1S/C25H32O4/c1-16(2)23-15-20(8-13-24(23)27)17(3)14-25(28)29-22-11-6-19(7-12-22)18-4-9-21(26)10-5-18/h4-5,8-10,13,15-17,19,22,26-27H,6-7,11-12,14H2,1-3H3. The van der Waals surface area contributed by atoms with Gasteiger partial charge in [-0.25, -0.2) is 0 Å². The molecule has 0 spiro atoms. The van der Waals surface area contributed by atoms with Gasteiger partial charge in [0.15, 0.2) is 0 Å². The lowest BCUT2D eigenvalue weighted by Gasteiger charge is -2.29. The van der Waals surface area contributed by atoms with Gasteiger partial charge in [0.1, 0.15) is 17.6 Å². The molecule has 1 aliphatic rings. The monoisotopic (exact) mass is 396 g/mol. The van der Waals surface area contributed by atoms with Gasteiger partial charge in [0.05, 0.1) is 6.42 Å². The van der Waals surface area contributed by atoms with E-state index in [-0.39, 0.29) is 23.9 Å². The number of ether oxygens (including phenoxy) is 1. The van der Waals surface area contributed by atoms with Crippen LogP contribution in [-0.4, -0.2) is 22.3 Å². The van der Waals surface area contributed by atoms with Gasteiger partial charge < -0.3 is 14.9 Å². The highest BCUT2D eigenvalue weighted by Crippen LogP contribution is 2.35. The summed E-state index contributed by atoms with van der Waals surface area (Å²) >= 11 is 0. The summed E-state index contributed by atoms with van der Waals surface area (Å²) in [6.45, 7) is 6.12. The van der Waals surface area contributed by atoms with Crippen molar-refractivity contribution in [3.05, 3.63) is 59.2 Å². The quantitative estimate of drug-likeness (QED) is 0.589. The number of hydrogen-bond donors (Lipinski definition) is 2. The molecule has 0 amide bonds. The summed E-state index contributed by atoms with van der Waals surface area (Å²) in [6, 6.07) is 13.0. The number of carbonyl (C=O) groups excluding carboxylic acids is 1. The predicted octanol–water partition coefficient (Wildman–Crippen LogP) is 5.98. The highest BCUT2D eigenvalue weighted by Gasteiger charge is 2.25. The number of aromatic hydroxyl groups is 2. The Bertz CT molecular complexity index is 817. The highest BCUT2D eigenvalue weighted by molar-refractivity contribution is 5.70. The van der Waals surface area contributed by atoms with Gasteiger partial charge in [0.25, 0.3) is 0 Å². The largest absolute Gasteiger partial charge is 0.508 e. The summed E-state index contributed by atoms with van der Waals surface area (Å²) in [6.07, 6.45) is 4.08. The molecule has 1 atom stereocenters. The van der Waals surface area contributed by atoms with Crippen molar-refractivity contribution in [3.63, 3.8) is 0 Å². The first kappa shape index (κ1) is 21.2. The van der Waals surface area contributed by atoms with E-state index in [4.69, 9.17) is 4.74 Å². The van der Waals surface area contributed by atoms with Crippen molar-refractivity contribution in [2.24, 2.45) is 0 Å². The van der Waals surface area contributed by atoms with E-state index in [1.54, 1.807) is 18.2 Å². The van der Waals surface area contributed by atoms with Crippen LogP contribution in [0.1, 0.15) is 87.3 Å². The smallest absolute Gasteiger partial charge is 0.306 e. The Morgan fingerprint density at radius 3 is 2.28 bits per heavy atom. The Balaban J connectivity index is 1.50. The van der Waals surface area contributed by atoms with Crippen molar-refractivity contribution in [2.45, 2.75) is 76.7 Å². The maximum atomic E-state index is 12.5. The Kier molecular flexibility index (Phi) is 6.83. The Labute approximate surface area is 173 Å². The summed E-state index contributed by atoms with van der Waals surface area (Å²) in [4.78, 5) is 12.5. The van der Waals surface area contributed by atoms with Crippen LogP contribution in [0.4, 0.5) is 0 Å². The zero-order chi connectivity index (χ0) is 21.0. The van der Waals surface area contributed by atoms with Gasteiger partial charge in [-0.05, 0) is 78.3 Å². The maximum absolute atomic E-state index is 12.5. The molecular weight excluding hydrogens is 364 g/mol. The van der Waals surface area contributed by atoms with Crippen molar-refractivity contribution in [3.8, 4) is 11.5 Å². The van der Waals surface area contributed by atoms with Crippen molar-refractivity contribution >= 4 is 5.97 Å². The van der Waals surface area contributed by atoms with E-state index in [0.29, 0.717) is 23.8 Å². The van der Waals surface area contributed by atoms with Gasteiger partial charge in [0, 0.05) is 0 Å². The molecule has 0 saturated heterocycles. The molecule has 2 N–H and O–H groups in total. The van der Waals surface area contributed by atoms with E-state index in [0.717, 1.165) is 36.8 Å². The number of carbonyl (C=O) groups is 1. The molecule has 0 radical (unpaired) electrons. The van der Waals surface area contributed by atoms with Crippen LogP contribution < -0.4 is 0 Å². The molecule has 3 rings (SSSR count). The molecule has 0 heterocycles. The number of phenols is 2. The fraction of sp³-hybridized carbons (Fsp3) is 0.480. The van der Waals surface area contributed by atoms with Crippen LogP contribution in [0, 0.1) is 0 Å². The van der Waals surface area contributed by atoms with E-state index in [9.17, 15) is 15.0 Å². The van der Waals surface area contributed by atoms with Crippen LogP contribution in [0.3, 0.4) is 0 Å². The minimum absolute atomic E-state index is 0.00546. The molecule has 2 aromatic carbocycles. The third kappa shape index (κ3) is 5.53. The molecule has 156 valence electrons. The summed E-state index contributed by atoms with van der Waals surface area (Å²) in [5, 5.41) is 19.4. The number of rotatable bonds is 6. The molecule has 0 aromatic heterocycles.